The monoisotopic (exact) mass is 315 g/mol. The van der Waals surface area contributed by atoms with Crippen LogP contribution in [0.1, 0.15) is 5.56 Å². The van der Waals surface area contributed by atoms with Gasteiger partial charge in [-0.05, 0) is 18.2 Å². The smallest absolute Gasteiger partial charge is 0.341 e. The number of carbonyl (C=O) groups excluding carboxylic acids is 1. The highest BCUT2D eigenvalue weighted by Crippen LogP contribution is 2.20. The first kappa shape index (κ1) is 16.4. The molecule has 120 valence electrons. The van der Waals surface area contributed by atoms with Crippen LogP contribution in [-0.4, -0.2) is 30.7 Å². The van der Waals surface area contributed by atoms with E-state index >= 15 is 0 Å². The topological polar surface area (TPSA) is 84.9 Å². The van der Waals surface area contributed by atoms with Crippen LogP contribution < -0.4 is 14.8 Å². The summed E-state index contributed by atoms with van der Waals surface area (Å²) >= 11 is 0. The van der Waals surface area contributed by atoms with E-state index in [1.165, 1.54) is 0 Å². The highest BCUT2D eigenvalue weighted by atomic mass is 16.5. The average molecular weight is 315 g/mol. The van der Waals surface area contributed by atoms with Crippen LogP contribution in [0.2, 0.25) is 0 Å². The number of anilines is 1. The van der Waals surface area contributed by atoms with Crippen LogP contribution in [0.4, 0.5) is 5.69 Å². The number of carboxylic acid groups (broad SMARTS) is 1. The average Bonchev–Trinajstić information content (AvgIpc) is 2.53. The highest BCUT2D eigenvalue weighted by Gasteiger charge is 2.09. The summed E-state index contributed by atoms with van der Waals surface area (Å²) in [5.74, 6) is -0.232. The molecule has 2 aromatic rings. The number of benzene rings is 2. The van der Waals surface area contributed by atoms with Crippen LogP contribution in [0, 0.1) is 0 Å². The van der Waals surface area contributed by atoms with Gasteiger partial charge < -0.3 is 19.9 Å². The first-order valence-corrected chi connectivity index (χ1v) is 6.95. The van der Waals surface area contributed by atoms with Crippen LogP contribution in [0.25, 0.3) is 0 Å². The Kier molecular flexibility index (Phi) is 5.57. The second-order valence-corrected chi connectivity index (χ2v) is 4.75. The maximum atomic E-state index is 12.1. The molecule has 23 heavy (non-hydrogen) atoms. The third kappa shape index (κ3) is 5.03. The van der Waals surface area contributed by atoms with Crippen molar-refractivity contribution in [2.24, 2.45) is 0 Å². The minimum Gasteiger partial charge on any atom is -0.496 e. The molecule has 6 heteroatoms. The van der Waals surface area contributed by atoms with Crippen LogP contribution in [-0.2, 0) is 16.0 Å². The molecule has 0 radical (unpaired) electrons. The molecule has 0 spiro atoms. The zero-order valence-electron chi connectivity index (χ0n) is 12.6. The summed E-state index contributed by atoms with van der Waals surface area (Å²) in [5, 5.41) is 11.3. The molecule has 2 aromatic carbocycles. The number of ether oxygens (including phenoxy) is 2. The summed E-state index contributed by atoms with van der Waals surface area (Å²) in [6, 6.07) is 13.9. The number of hydrogen-bond acceptors (Lipinski definition) is 4. The fourth-order valence-electron chi connectivity index (χ4n) is 2.04. The lowest BCUT2D eigenvalue weighted by molar-refractivity contribution is -0.139. The van der Waals surface area contributed by atoms with Crippen molar-refractivity contribution < 1.29 is 24.2 Å². The SMILES string of the molecule is COc1ccccc1CC(=O)Nc1cccc(OCC(=O)O)c1. The molecule has 0 heterocycles. The fourth-order valence-corrected chi connectivity index (χ4v) is 2.04. The lowest BCUT2D eigenvalue weighted by atomic mass is 10.1. The third-order valence-electron chi connectivity index (χ3n) is 3.02. The molecule has 0 aliphatic rings. The third-order valence-corrected chi connectivity index (χ3v) is 3.02. The molecule has 0 saturated carbocycles. The number of nitrogens with one attached hydrogen (secondary N) is 1. The Hall–Kier alpha value is -3.02. The Bertz CT molecular complexity index is 699. The number of carbonyl (C=O) groups is 2. The lowest BCUT2D eigenvalue weighted by Crippen LogP contribution is -2.15. The molecule has 0 bridgehead atoms. The van der Waals surface area contributed by atoms with Crippen molar-refractivity contribution in [1.82, 2.24) is 0 Å². The molecule has 6 nitrogen and oxygen atoms in total. The van der Waals surface area contributed by atoms with Gasteiger partial charge in [0, 0.05) is 17.3 Å². The van der Waals surface area contributed by atoms with E-state index in [2.05, 4.69) is 5.32 Å². The van der Waals surface area contributed by atoms with E-state index in [1.54, 1.807) is 37.4 Å². The number of carboxylic acids is 1. The number of para-hydroxylation sites is 1. The van der Waals surface area contributed by atoms with Gasteiger partial charge in [0.15, 0.2) is 6.61 Å². The van der Waals surface area contributed by atoms with Gasteiger partial charge in [-0.1, -0.05) is 24.3 Å². The molecule has 0 atom stereocenters. The Labute approximate surface area is 133 Å². The number of rotatable bonds is 7. The molecule has 0 unspecified atom stereocenters. The van der Waals surface area contributed by atoms with Crippen molar-refractivity contribution in [2.45, 2.75) is 6.42 Å². The molecule has 0 aliphatic heterocycles. The van der Waals surface area contributed by atoms with Gasteiger partial charge in [0.25, 0.3) is 0 Å². The van der Waals surface area contributed by atoms with Crippen LogP contribution in [0.3, 0.4) is 0 Å². The normalized spacial score (nSPS) is 9.96. The van der Waals surface area contributed by atoms with E-state index in [0.717, 1.165) is 5.56 Å². The van der Waals surface area contributed by atoms with Gasteiger partial charge in [0.1, 0.15) is 11.5 Å². The Morgan fingerprint density at radius 3 is 2.65 bits per heavy atom. The van der Waals surface area contributed by atoms with Gasteiger partial charge in [-0.2, -0.15) is 0 Å². The van der Waals surface area contributed by atoms with Gasteiger partial charge in [-0.3, -0.25) is 4.79 Å². The zero-order valence-corrected chi connectivity index (χ0v) is 12.6. The summed E-state index contributed by atoms with van der Waals surface area (Å²) in [6.07, 6.45) is 0.171. The van der Waals surface area contributed by atoms with Gasteiger partial charge in [-0.15, -0.1) is 0 Å². The summed E-state index contributed by atoms with van der Waals surface area (Å²) in [5.41, 5.74) is 1.32. The molecule has 0 saturated heterocycles. The van der Waals surface area contributed by atoms with Crippen molar-refractivity contribution in [2.75, 3.05) is 19.0 Å². The summed E-state index contributed by atoms with van der Waals surface area (Å²) in [4.78, 5) is 22.6. The number of methoxy groups -OCH3 is 1. The summed E-state index contributed by atoms with van der Waals surface area (Å²) in [7, 11) is 1.56. The second-order valence-electron chi connectivity index (χ2n) is 4.75. The van der Waals surface area contributed by atoms with Crippen molar-refractivity contribution in [3.8, 4) is 11.5 Å². The number of aliphatic carboxylic acids is 1. The molecular weight excluding hydrogens is 298 g/mol. The Morgan fingerprint density at radius 1 is 1.13 bits per heavy atom. The minimum absolute atomic E-state index is 0.171. The summed E-state index contributed by atoms with van der Waals surface area (Å²) in [6.45, 7) is -0.432. The Balaban J connectivity index is 2.00. The zero-order chi connectivity index (χ0) is 16.7. The predicted molar refractivity (Wildman–Crippen MR) is 84.9 cm³/mol. The first-order chi connectivity index (χ1) is 11.1. The van der Waals surface area contributed by atoms with E-state index in [0.29, 0.717) is 17.2 Å². The molecule has 0 fully saturated rings. The van der Waals surface area contributed by atoms with Gasteiger partial charge >= 0.3 is 5.97 Å². The van der Waals surface area contributed by atoms with E-state index in [4.69, 9.17) is 14.6 Å². The summed E-state index contributed by atoms with van der Waals surface area (Å²) < 4.78 is 10.3. The minimum atomic E-state index is -1.06. The van der Waals surface area contributed by atoms with E-state index in [9.17, 15) is 9.59 Å². The first-order valence-electron chi connectivity index (χ1n) is 6.95. The fraction of sp³-hybridized carbons (Fsp3) is 0.176. The maximum Gasteiger partial charge on any atom is 0.341 e. The molecule has 0 aliphatic carbocycles. The lowest BCUT2D eigenvalue weighted by Gasteiger charge is -2.10. The van der Waals surface area contributed by atoms with Gasteiger partial charge in [-0.25, -0.2) is 4.79 Å². The largest absolute Gasteiger partial charge is 0.496 e. The molecule has 2 rings (SSSR count). The molecule has 2 N–H and O–H groups in total. The van der Waals surface area contributed by atoms with Crippen molar-refractivity contribution >= 4 is 17.6 Å². The molecule has 1 amide bonds. The van der Waals surface area contributed by atoms with Crippen molar-refractivity contribution in [1.29, 1.82) is 0 Å². The van der Waals surface area contributed by atoms with Crippen molar-refractivity contribution in [3.05, 3.63) is 54.1 Å². The molecular formula is C17H17NO5. The number of amides is 1. The van der Waals surface area contributed by atoms with E-state index in [1.807, 2.05) is 18.2 Å². The van der Waals surface area contributed by atoms with Crippen LogP contribution in [0.5, 0.6) is 11.5 Å². The predicted octanol–water partition coefficient (Wildman–Crippen LogP) is 2.34. The van der Waals surface area contributed by atoms with Gasteiger partial charge in [0.2, 0.25) is 5.91 Å². The Morgan fingerprint density at radius 2 is 1.91 bits per heavy atom. The standard InChI is InChI=1S/C17H17NO5/c1-22-15-8-3-2-5-12(15)9-16(19)18-13-6-4-7-14(10-13)23-11-17(20)21/h2-8,10H,9,11H2,1H3,(H,18,19)(H,20,21). The van der Waals surface area contributed by atoms with Gasteiger partial charge in [0.05, 0.1) is 13.5 Å². The van der Waals surface area contributed by atoms with E-state index < -0.39 is 12.6 Å². The van der Waals surface area contributed by atoms with Crippen LogP contribution in [0.15, 0.2) is 48.5 Å². The quantitative estimate of drug-likeness (QED) is 0.819. The maximum absolute atomic E-state index is 12.1. The highest BCUT2D eigenvalue weighted by molar-refractivity contribution is 5.92. The van der Waals surface area contributed by atoms with E-state index in [-0.39, 0.29) is 12.3 Å². The van der Waals surface area contributed by atoms with Crippen molar-refractivity contribution in [3.63, 3.8) is 0 Å². The number of hydrogen-bond donors (Lipinski definition) is 2. The van der Waals surface area contributed by atoms with Crippen LogP contribution >= 0.6 is 0 Å². The second kappa shape index (κ2) is 7.84. The molecule has 0 aromatic heterocycles.